The molecule has 0 aromatic heterocycles. The van der Waals surface area contributed by atoms with E-state index < -0.39 is 23.7 Å². The van der Waals surface area contributed by atoms with E-state index in [4.69, 9.17) is 4.74 Å². The van der Waals surface area contributed by atoms with Crippen molar-refractivity contribution in [3.63, 3.8) is 0 Å². The average molecular weight is 393 g/mol. The number of nitrogens with zero attached hydrogens (tertiary/aromatic N) is 1. The minimum absolute atomic E-state index is 0.0801. The molecule has 2 heterocycles. The number of ether oxygens (including phenoxy) is 1. The number of carbonyl (C=O) groups is 3. The molecular formula is C23H23NO5. The molecule has 3 atom stereocenters. The third kappa shape index (κ3) is 3.68. The van der Waals surface area contributed by atoms with E-state index in [9.17, 15) is 19.5 Å². The van der Waals surface area contributed by atoms with Gasteiger partial charge in [-0.15, -0.1) is 0 Å². The summed E-state index contributed by atoms with van der Waals surface area (Å²) in [4.78, 5) is 40.5. The van der Waals surface area contributed by atoms with Crippen molar-refractivity contribution in [1.82, 2.24) is 4.90 Å². The Balaban J connectivity index is 1.73. The standard InChI is InChI=1S/C23H23NO5/c1-14-4-6-16(7-5-14)21(26)19-20(15-8-10-17(25)11-9-15)24(23(28)22(19)27)13-18-3-2-12-29-18/h4-11,18-20,25H,2-3,12-13H2,1H3. The Labute approximate surface area is 169 Å². The average Bonchev–Trinajstić information content (AvgIpc) is 3.31. The summed E-state index contributed by atoms with van der Waals surface area (Å²) in [5, 5.41) is 9.64. The molecule has 6 nitrogen and oxygen atoms in total. The lowest BCUT2D eigenvalue weighted by atomic mass is 9.86. The number of aryl methyl sites for hydroxylation is 1. The van der Waals surface area contributed by atoms with Crippen molar-refractivity contribution < 1.29 is 24.2 Å². The van der Waals surface area contributed by atoms with Crippen LogP contribution in [0.1, 0.15) is 40.4 Å². The first-order valence-corrected chi connectivity index (χ1v) is 9.82. The van der Waals surface area contributed by atoms with Gasteiger partial charge in [0.2, 0.25) is 5.78 Å². The molecule has 150 valence electrons. The second-order valence-corrected chi connectivity index (χ2v) is 7.70. The molecule has 3 unspecified atom stereocenters. The summed E-state index contributed by atoms with van der Waals surface area (Å²) in [6.45, 7) is 2.82. The zero-order valence-corrected chi connectivity index (χ0v) is 16.2. The van der Waals surface area contributed by atoms with Crippen molar-refractivity contribution in [2.45, 2.75) is 31.9 Å². The van der Waals surface area contributed by atoms with E-state index in [2.05, 4.69) is 0 Å². The summed E-state index contributed by atoms with van der Waals surface area (Å²) in [7, 11) is 0. The molecule has 2 aliphatic heterocycles. The first-order chi connectivity index (χ1) is 14.0. The normalized spacial score (nSPS) is 24.3. The Kier molecular flexibility index (Phi) is 5.20. The number of phenolic OH excluding ortho intramolecular Hbond substituents is 1. The van der Waals surface area contributed by atoms with Gasteiger partial charge in [0.15, 0.2) is 5.78 Å². The smallest absolute Gasteiger partial charge is 0.291 e. The Morgan fingerprint density at radius 1 is 1.10 bits per heavy atom. The van der Waals surface area contributed by atoms with Gasteiger partial charge in [0.1, 0.15) is 11.7 Å². The van der Waals surface area contributed by atoms with Crippen LogP contribution in [0, 0.1) is 12.8 Å². The molecule has 0 radical (unpaired) electrons. The molecule has 0 saturated carbocycles. The highest BCUT2D eigenvalue weighted by Crippen LogP contribution is 2.39. The lowest BCUT2D eigenvalue weighted by Gasteiger charge is -2.29. The molecule has 2 aromatic carbocycles. The van der Waals surface area contributed by atoms with E-state index >= 15 is 0 Å². The molecule has 6 heteroatoms. The summed E-state index contributed by atoms with van der Waals surface area (Å²) < 4.78 is 5.67. The number of aromatic hydroxyl groups is 1. The largest absolute Gasteiger partial charge is 0.508 e. The van der Waals surface area contributed by atoms with Crippen molar-refractivity contribution in [2.24, 2.45) is 5.92 Å². The van der Waals surface area contributed by atoms with Gasteiger partial charge < -0.3 is 14.7 Å². The number of carbonyl (C=O) groups excluding carboxylic acids is 3. The van der Waals surface area contributed by atoms with Crippen LogP contribution in [0.2, 0.25) is 0 Å². The highest BCUT2D eigenvalue weighted by atomic mass is 16.5. The zero-order valence-electron chi connectivity index (χ0n) is 16.2. The van der Waals surface area contributed by atoms with Crippen LogP contribution in [-0.4, -0.2) is 46.7 Å². The Morgan fingerprint density at radius 3 is 2.41 bits per heavy atom. The number of amides is 1. The molecule has 4 rings (SSSR count). The van der Waals surface area contributed by atoms with E-state index in [0.717, 1.165) is 18.4 Å². The van der Waals surface area contributed by atoms with Gasteiger partial charge >= 0.3 is 0 Å². The summed E-state index contributed by atoms with van der Waals surface area (Å²) in [6.07, 6.45) is 1.59. The van der Waals surface area contributed by atoms with Crippen LogP contribution in [0.5, 0.6) is 5.75 Å². The van der Waals surface area contributed by atoms with Crippen LogP contribution >= 0.6 is 0 Å². The van der Waals surface area contributed by atoms with Crippen LogP contribution in [0.25, 0.3) is 0 Å². The van der Waals surface area contributed by atoms with E-state index in [0.29, 0.717) is 17.7 Å². The highest BCUT2D eigenvalue weighted by molar-refractivity contribution is 6.44. The Bertz CT molecular complexity index is 929. The molecular weight excluding hydrogens is 370 g/mol. The SMILES string of the molecule is Cc1ccc(C(=O)C2C(=O)C(=O)N(CC3CCCO3)C2c2ccc(O)cc2)cc1. The Hall–Kier alpha value is -2.99. The first kappa shape index (κ1) is 19.3. The summed E-state index contributed by atoms with van der Waals surface area (Å²) in [6, 6.07) is 12.6. The first-order valence-electron chi connectivity index (χ1n) is 9.82. The number of hydrogen-bond donors (Lipinski definition) is 1. The molecule has 2 saturated heterocycles. The minimum Gasteiger partial charge on any atom is -0.508 e. The molecule has 2 fully saturated rings. The number of hydrogen-bond acceptors (Lipinski definition) is 5. The summed E-state index contributed by atoms with van der Waals surface area (Å²) >= 11 is 0. The second-order valence-electron chi connectivity index (χ2n) is 7.70. The molecule has 29 heavy (non-hydrogen) atoms. The minimum atomic E-state index is -1.11. The van der Waals surface area contributed by atoms with Crippen molar-refractivity contribution in [1.29, 1.82) is 0 Å². The van der Waals surface area contributed by atoms with E-state index in [1.165, 1.54) is 17.0 Å². The van der Waals surface area contributed by atoms with E-state index in [-0.39, 0.29) is 24.2 Å². The maximum absolute atomic E-state index is 13.3. The van der Waals surface area contributed by atoms with Gasteiger partial charge in [0, 0.05) is 18.7 Å². The van der Waals surface area contributed by atoms with Crippen LogP contribution in [-0.2, 0) is 14.3 Å². The molecule has 1 N–H and O–H groups in total. The fourth-order valence-corrected chi connectivity index (χ4v) is 4.13. The third-order valence-electron chi connectivity index (χ3n) is 5.68. The number of likely N-dealkylation sites (tertiary alicyclic amines) is 1. The van der Waals surface area contributed by atoms with Gasteiger partial charge in [0.05, 0.1) is 12.1 Å². The van der Waals surface area contributed by atoms with Crippen LogP contribution in [0.3, 0.4) is 0 Å². The van der Waals surface area contributed by atoms with Crippen molar-refractivity contribution >= 4 is 17.5 Å². The number of ketones is 2. The molecule has 2 aromatic rings. The number of rotatable bonds is 5. The van der Waals surface area contributed by atoms with Crippen molar-refractivity contribution in [2.75, 3.05) is 13.2 Å². The second kappa shape index (κ2) is 7.79. The monoisotopic (exact) mass is 393 g/mol. The lowest BCUT2D eigenvalue weighted by Crippen LogP contribution is -2.36. The van der Waals surface area contributed by atoms with Crippen LogP contribution in [0.15, 0.2) is 48.5 Å². The van der Waals surface area contributed by atoms with Gasteiger partial charge in [-0.1, -0.05) is 42.0 Å². The van der Waals surface area contributed by atoms with Gasteiger partial charge in [-0.3, -0.25) is 14.4 Å². The number of Topliss-reactive ketones (excluding diaryl/α,β-unsaturated/α-hetero) is 2. The summed E-state index contributed by atoms with van der Waals surface area (Å²) in [5.74, 6) is -2.74. The van der Waals surface area contributed by atoms with Crippen molar-refractivity contribution in [3.05, 3.63) is 65.2 Å². The summed E-state index contributed by atoms with van der Waals surface area (Å²) in [5.41, 5.74) is 2.06. The van der Waals surface area contributed by atoms with Gasteiger partial charge in [-0.25, -0.2) is 0 Å². The molecule has 0 aliphatic carbocycles. The topological polar surface area (TPSA) is 83.9 Å². The van der Waals surface area contributed by atoms with E-state index in [1.807, 2.05) is 19.1 Å². The number of benzene rings is 2. The fraction of sp³-hybridized carbons (Fsp3) is 0.348. The predicted molar refractivity (Wildman–Crippen MR) is 106 cm³/mol. The van der Waals surface area contributed by atoms with Crippen LogP contribution in [0.4, 0.5) is 0 Å². The maximum Gasteiger partial charge on any atom is 0.291 e. The van der Waals surface area contributed by atoms with E-state index in [1.54, 1.807) is 24.3 Å². The van der Waals surface area contributed by atoms with Gasteiger partial charge in [-0.2, -0.15) is 0 Å². The van der Waals surface area contributed by atoms with Gasteiger partial charge in [-0.05, 0) is 37.5 Å². The van der Waals surface area contributed by atoms with Gasteiger partial charge in [0.25, 0.3) is 5.91 Å². The quantitative estimate of drug-likeness (QED) is 0.480. The maximum atomic E-state index is 13.3. The Morgan fingerprint density at radius 2 is 1.79 bits per heavy atom. The van der Waals surface area contributed by atoms with Crippen molar-refractivity contribution in [3.8, 4) is 5.75 Å². The molecule has 0 bridgehead atoms. The lowest BCUT2D eigenvalue weighted by molar-refractivity contribution is -0.141. The fourth-order valence-electron chi connectivity index (χ4n) is 4.13. The molecule has 0 spiro atoms. The highest BCUT2D eigenvalue weighted by Gasteiger charge is 2.52. The molecule has 2 aliphatic rings. The third-order valence-corrected chi connectivity index (χ3v) is 5.68. The zero-order chi connectivity index (χ0) is 20.5. The number of phenols is 1. The van der Waals surface area contributed by atoms with Crippen LogP contribution < -0.4 is 0 Å². The predicted octanol–water partition coefficient (Wildman–Crippen LogP) is 2.83. The molecule has 1 amide bonds.